The van der Waals surface area contributed by atoms with E-state index in [1.165, 1.54) is 0 Å². The zero-order chi connectivity index (χ0) is 25.2. The summed E-state index contributed by atoms with van der Waals surface area (Å²) in [6.07, 6.45) is 1.43. The van der Waals surface area contributed by atoms with Crippen LogP contribution < -0.4 is 10.6 Å². The van der Waals surface area contributed by atoms with Crippen molar-refractivity contribution >= 4 is 44.9 Å². The van der Waals surface area contributed by atoms with E-state index >= 15 is 0 Å². The summed E-state index contributed by atoms with van der Waals surface area (Å²) in [5, 5.41) is 12.2. The van der Waals surface area contributed by atoms with Gasteiger partial charge < -0.3 is 15.2 Å². The Balaban J connectivity index is 1.51. The molecule has 4 aromatic rings. The number of benzene rings is 2. The third-order valence-electron chi connectivity index (χ3n) is 6.46. The second-order valence-corrected chi connectivity index (χ2v) is 11.2. The van der Waals surface area contributed by atoms with E-state index in [4.69, 9.17) is 16.1 Å². The minimum absolute atomic E-state index is 0.0116. The van der Waals surface area contributed by atoms with Crippen LogP contribution in [0.3, 0.4) is 0 Å². The molecule has 36 heavy (non-hydrogen) atoms. The zero-order valence-electron chi connectivity index (χ0n) is 20.1. The minimum Gasteiger partial charge on any atom is -0.380 e. The number of pyridine rings is 1. The van der Waals surface area contributed by atoms with E-state index in [0.29, 0.717) is 47.1 Å². The predicted molar refractivity (Wildman–Crippen MR) is 144 cm³/mol. The maximum Gasteiger partial charge on any atom is 0.270 e. The highest BCUT2D eigenvalue weighted by Gasteiger charge is 2.22. The summed E-state index contributed by atoms with van der Waals surface area (Å²) < 4.78 is 17.1. The predicted octanol–water partition coefficient (Wildman–Crippen LogP) is 5.41. The lowest BCUT2D eigenvalue weighted by molar-refractivity contribution is 0.0930. The molecule has 3 heterocycles. The molecule has 0 bridgehead atoms. The first-order valence-electron chi connectivity index (χ1n) is 11.9. The second kappa shape index (κ2) is 10.4. The number of nitrogens with zero attached hydrogens (tertiary/aromatic N) is 2. The molecule has 2 aromatic heterocycles. The molecule has 9 heteroatoms. The van der Waals surface area contributed by atoms with Gasteiger partial charge in [-0.25, -0.2) is 4.98 Å². The number of aryl methyl sites for hydroxylation is 2. The molecule has 1 amide bonds. The van der Waals surface area contributed by atoms with Crippen LogP contribution in [0, 0.1) is 13.8 Å². The molecule has 2 aromatic carbocycles. The number of carbonyl (C=O) groups excluding carboxylic acids is 1. The molecule has 0 aliphatic carbocycles. The lowest BCUT2D eigenvalue weighted by atomic mass is 10.0. The van der Waals surface area contributed by atoms with E-state index in [2.05, 4.69) is 20.8 Å². The van der Waals surface area contributed by atoms with Gasteiger partial charge in [-0.15, -0.1) is 0 Å². The number of halogens is 1. The van der Waals surface area contributed by atoms with Gasteiger partial charge in [-0.3, -0.25) is 9.00 Å². The monoisotopic (exact) mass is 522 g/mol. The highest BCUT2D eigenvalue weighted by Crippen LogP contribution is 2.32. The molecule has 0 unspecified atom stereocenters. The van der Waals surface area contributed by atoms with E-state index in [1.807, 2.05) is 56.3 Å². The van der Waals surface area contributed by atoms with Gasteiger partial charge in [0, 0.05) is 56.6 Å². The summed E-state index contributed by atoms with van der Waals surface area (Å²) in [7, 11) is -0.781. The third-order valence-corrected chi connectivity index (χ3v) is 8.08. The van der Waals surface area contributed by atoms with Crippen LogP contribution in [-0.4, -0.2) is 37.8 Å². The molecule has 7 nitrogen and oxygen atoms in total. The number of rotatable bonds is 6. The average molecular weight is 523 g/mol. The molecule has 186 valence electrons. The topological polar surface area (TPSA) is 97.1 Å². The molecule has 1 aliphatic rings. The molecule has 5 rings (SSSR count). The van der Waals surface area contributed by atoms with Gasteiger partial charge in [0.25, 0.3) is 5.91 Å². The van der Waals surface area contributed by atoms with E-state index in [9.17, 15) is 9.00 Å². The molecule has 0 saturated carbocycles. The van der Waals surface area contributed by atoms with E-state index in [1.54, 1.807) is 6.07 Å². The fourth-order valence-corrected chi connectivity index (χ4v) is 6.09. The van der Waals surface area contributed by atoms with Crippen molar-refractivity contribution in [3.05, 3.63) is 76.3 Å². The number of hydrogen-bond donors (Lipinski definition) is 2. The average Bonchev–Trinajstić information content (AvgIpc) is 3.21. The molecule has 0 atom stereocenters. The molecule has 0 radical (unpaired) electrons. The van der Waals surface area contributed by atoms with Crippen molar-refractivity contribution in [2.45, 2.75) is 39.3 Å². The largest absolute Gasteiger partial charge is 0.380 e. The Hall–Kier alpha value is -3.23. The SMILES string of the molecule is Cc1noc(C)c1-c1ccc2nc(C(=O)NC3CCS(=O)CC3)cc(NCc3cccc(Cl)c3)c2c1. The van der Waals surface area contributed by atoms with Crippen LogP contribution >= 0.6 is 11.6 Å². The first kappa shape index (κ1) is 24.5. The van der Waals surface area contributed by atoms with Crippen molar-refractivity contribution in [2.24, 2.45) is 0 Å². The zero-order valence-corrected chi connectivity index (χ0v) is 21.7. The van der Waals surface area contributed by atoms with Crippen molar-refractivity contribution in [1.82, 2.24) is 15.5 Å². The second-order valence-electron chi connectivity index (χ2n) is 9.07. The lowest BCUT2D eigenvalue weighted by Gasteiger charge is -2.22. The highest BCUT2D eigenvalue weighted by molar-refractivity contribution is 7.85. The number of carbonyl (C=O) groups is 1. The van der Waals surface area contributed by atoms with Crippen molar-refractivity contribution in [2.75, 3.05) is 16.8 Å². The van der Waals surface area contributed by atoms with Crippen LogP contribution in [0.25, 0.3) is 22.0 Å². The maximum absolute atomic E-state index is 13.1. The number of aromatic nitrogens is 2. The standard InChI is InChI=1S/C27H27ClN4O3S/c1-16-26(17(2)35-32-16)19-6-7-23-22(13-19)24(29-15-18-4-3-5-20(28)12-18)14-25(31-23)27(33)30-21-8-10-36(34)11-9-21/h3-7,12-14,21H,8-11,15H2,1-2H3,(H,29,31)(H,30,33). The molecule has 2 N–H and O–H groups in total. The Morgan fingerprint density at radius 2 is 1.94 bits per heavy atom. The van der Waals surface area contributed by atoms with Gasteiger partial charge in [0.2, 0.25) is 0 Å². The van der Waals surface area contributed by atoms with Crippen LogP contribution in [0.4, 0.5) is 5.69 Å². The van der Waals surface area contributed by atoms with Crippen molar-refractivity contribution in [3.63, 3.8) is 0 Å². The van der Waals surface area contributed by atoms with Gasteiger partial charge in [-0.1, -0.05) is 35.0 Å². The Labute approximate surface area is 217 Å². The fraction of sp³-hybridized carbons (Fsp3) is 0.296. The maximum atomic E-state index is 13.1. The van der Waals surface area contributed by atoms with E-state index < -0.39 is 10.8 Å². The summed E-state index contributed by atoms with van der Waals surface area (Å²) in [5.74, 6) is 1.76. The minimum atomic E-state index is -0.781. The molecular formula is C27H27ClN4O3S. The van der Waals surface area contributed by atoms with Gasteiger partial charge >= 0.3 is 0 Å². The van der Waals surface area contributed by atoms with Crippen LogP contribution in [0.15, 0.2) is 53.1 Å². The number of amides is 1. The smallest absolute Gasteiger partial charge is 0.270 e. The molecule has 1 saturated heterocycles. The normalized spacial score (nSPS) is 17.8. The van der Waals surface area contributed by atoms with Crippen molar-refractivity contribution < 1.29 is 13.5 Å². The lowest BCUT2D eigenvalue weighted by Crippen LogP contribution is -2.39. The number of hydrogen-bond acceptors (Lipinski definition) is 6. The van der Waals surface area contributed by atoms with Gasteiger partial charge in [0.1, 0.15) is 11.5 Å². The fourth-order valence-electron chi connectivity index (χ4n) is 4.58. The summed E-state index contributed by atoms with van der Waals surface area (Å²) in [4.78, 5) is 17.8. The molecule has 1 fully saturated rings. The number of fused-ring (bicyclic) bond motifs is 1. The van der Waals surface area contributed by atoms with Crippen molar-refractivity contribution in [1.29, 1.82) is 0 Å². The third kappa shape index (κ3) is 5.29. The first-order valence-corrected chi connectivity index (χ1v) is 13.8. The summed E-state index contributed by atoms with van der Waals surface area (Å²) in [6, 6.07) is 15.4. The Kier molecular flexibility index (Phi) is 7.07. The van der Waals surface area contributed by atoms with E-state index in [-0.39, 0.29) is 11.9 Å². The van der Waals surface area contributed by atoms with Crippen LogP contribution in [0.2, 0.25) is 5.02 Å². The van der Waals surface area contributed by atoms with Crippen molar-refractivity contribution in [3.8, 4) is 11.1 Å². The number of nitrogens with one attached hydrogen (secondary N) is 2. The first-order chi connectivity index (χ1) is 17.4. The van der Waals surface area contributed by atoms with Crippen LogP contribution in [0.1, 0.15) is 40.3 Å². The molecule has 1 aliphatic heterocycles. The molecular weight excluding hydrogens is 496 g/mol. The van der Waals surface area contributed by atoms with Gasteiger partial charge in [0.05, 0.1) is 11.2 Å². The molecule has 0 spiro atoms. The summed E-state index contributed by atoms with van der Waals surface area (Å²) in [5.41, 5.74) is 5.61. The van der Waals surface area contributed by atoms with Gasteiger partial charge in [-0.05, 0) is 68.1 Å². The van der Waals surface area contributed by atoms with Gasteiger partial charge in [0.15, 0.2) is 0 Å². The Morgan fingerprint density at radius 3 is 2.67 bits per heavy atom. The highest BCUT2D eigenvalue weighted by atomic mass is 35.5. The van der Waals surface area contributed by atoms with Crippen LogP contribution in [-0.2, 0) is 17.3 Å². The quantitative estimate of drug-likeness (QED) is 0.351. The summed E-state index contributed by atoms with van der Waals surface area (Å²) in [6.45, 7) is 4.34. The Bertz CT molecular complexity index is 1440. The number of anilines is 1. The van der Waals surface area contributed by atoms with Gasteiger partial charge in [-0.2, -0.15) is 0 Å². The van der Waals surface area contributed by atoms with Crippen LogP contribution in [0.5, 0.6) is 0 Å². The van der Waals surface area contributed by atoms with E-state index in [0.717, 1.165) is 39.2 Å². The summed E-state index contributed by atoms with van der Waals surface area (Å²) >= 11 is 6.17. The Morgan fingerprint density at radius 1 is 1.14 bits per heavy atom.